The van der Waals surface area contributed by atoms with Gasteiger partial charge < -0.3 is 19.7 Å². The molecule has 1 N–H and O–H groups in total. The van der Waals surface area contributed by atoms with Crippen LogP contribution in [0.4, 0.5) is 5.82 Å². The number of amides is 1. The summed E-state index contributed by atoms with van der Waals surface area (Å²) in [5, 5.41) is 3.28. The van der Waals surface area contributed by atoms with E-state index in [1.165, 1.54) is 12.8 Å². The Morgan fingerprint density at radius 1 is 1.06 bits per heavy atom. The lowest BCUT2D eigenvalue weighted by Gasteiger charge is -2.49. The fraction of sp³-hybridized carbons (Fsp3) is 0.500. The van der Waals surface area contributed by atoms with E-state index >= 15 is 0 Å². The standard InChI is InChI=1S/C24H30N4O3/c1-17-23(18-9-11-27(17)12-10-18)26-24(29)19-5-7-20(8-6-19)31-22-4-2-3-21(25-22)28-13-15-30-16-14-28/h2-8,17-18,23H,9-16H2,1H3,(H,26,29). The number of morpholine rings is 1. The summed E-state index contributed by atoms with van der Waals surface area (Å²) < 4.78 is 11.4. The van der Waals surface area contributed by atoms with Crippen LogP contribution >= 0.6 is 0 Å². The fourth-order valence-electron chi connectivity index (χ4n) is 5.00. The van der Waals surface area contributed by atoms with Gasteiger partial charge in [0, 0.05) is 36.8 Å². The van der Waals surface area contributed by atoms with E-state index < -0.39 is 0 Å². The molecular weight excluding hydrogens is 392 g/mol. The minimum Gasteiger partial charge on any atom is -0.439 e. The molecule has 2 unspecified atom stereocenters. The fourth-order valence-corrected chi connectivity index (χ4v) is 5.00. The number of benzene rings is 1. The molecule has 2 bridgehead atoms. The monoisotopic (exact) mass is 422 g/mol. The summed E-state index contributed by atoms with van der Waals surface area (Å²) in [6, 6.07) is 13.7. The van der Waals surface area contributed by atoms with Gasteiger partial charge in [0.15, 0.2) is 0 Å². The molecule has 4 saturated heterocycles. The number of carbonyl (C=O) groups excluding carboxylic acids is 1. The Morgan fingerprint density at radius 3 is 2.52 bits per heavy atom. The maximum absolute atomic E-state index is 12.8. The van der Waals surface area contributed by atoms with Crippen LogP contribution in [0.25, 0.3) is 0 Å². The van der Waals surface area contributed by atoms with Crippen LogP contribution in [0.15, 0.2) is 42.5 Å². The average molecular weight is 423 g/mol. The molecule has 1 aromatic carbocycles. The van der Waals surface area contributed by atoms with Crippen molar-refractivity contribution in [2.45, 2.75) is 31.8 Å². The van der Waals surface area contributed by atoms with Crippen LogP contribution in [0.5, 0.6) is 11.6 Å². The molecule has 1 amide bonds. The van der Waals surface area contributed by atoms with Gasteiger partial charge in [0.05, 0.1) is 13.2 Å². The number of hydrogen-bond acceptors (Lipinski definition) is 6. The van der Waals surface area contributed by atoms with Gasteiger partial charge in [0.1, 0.15) is 11.6 Å². The SMILES string of the molecule is CC1C(NC(=O)c2ccc(Oc3cccc(N4CCOCC4)n3)cc2)C2CCN1CC2. The van der Waals surface area contributed by atoms with Crippen LogP contribution in [0.1, 0.15) is 30.1 Å². The summed E-state index contributed by atoms with van der Waals surface area (Å²) in [7, 11) is 0. The van der Waals surface area contributed by atoms with E-state index in [4.69, 9.17) is 9.47 Å². The smallest absolute Gasteiger partial charge is 0.251 e. The van der Waals surface area contributed by atoms with Gasteiger partial charge >= 0.3 is 0 Å². The Bertz CT molecular complexity index is 903. The summed E-state index contributed by atoms with van der Waals surface area (Å²) in [5.74, 6) is 2.69. The first-order valence-corrected chi connectivity index (χ1v) is 11.3. The Labute approximate surface area is 183 Å². The number of piperidine rings is 3. The second-order valence-corrected chi connectivity index (χ2v) is 8.67. The van der Waals surface area contributed by atoms with Gasteiger partial charge in [-0.3, -0.25) is 9.69 Å². The summed E-state index contributed by atoms with van der Waals surface area (Å²) in [6.45, 7) is 7.64. The maximum atomic E-state index is 12.8. The summed E-state index contributed by atoms with van der Waals surface area (Å²) in [4.78, 5) is 22.1. The lowest BCUT2D eigenvalue weighted by Crippen LogP contribution is -2.62. The first-order valence-electron chi connectivity index (χ1n) is 11.3. The zero-order chi connectivity index (χ0) is 21.2. The first-order chi connectivity index (χ1) is 15.2. The third-order valence-electron chi connectivity index (χ3n) is 6.86. The predicted molar refractivity (Wildman–Crippen MR) is 119 cm³/mol. The highest BCUT2D eigenvalue weighted by Crippen LogP contribution is 2.32. The van der Waals surface area contributed by atoms with E-state index in [-0.39, 0.29) is 11.9 Å². The van der Waals surface area contributed by atoms with E-state index in [1.54, 1.807) is 0 Å². The Hall–Kier alpha value is -2.64. The third-order valence-corrected chi connectivity index (χ3v) is 6.86. The van der Waals surface area contributed by atoms with Crippen molar-refractivity contribution in [1.82, 2.24) is 15.2 Å². The highest BCUT2D eigenvalue weighted by atomic mass is 16.5. The summed E-state index contributed by atoms with van der Waals surface area (Å²) in [6.07, 6.45) is 2.36. The molecule has 4 aliphatic heterocycles. The molecule has 31 heavy (non-hydrogen) atoms. The molecule has 5 heterocycles. The van der Waals surface area contributed by atoms with Crippen molar-refractivity contribution in [2.75, 3.05) is 44.3 Å². The molecule has 7 heteroatoms. The largest absolute Gasteiger partial charge is 0.439 e. The van der Waals surface area contributed by atoms with E-state index in [2.05, 4.69) is 27.0 Å². The predicted octanol–water partition coefficient (Wildman–Crippen LogP) is 2.92. The van der Waals surface area contributed by atoms with Crippen molar-refractivity contribution < 1.29 is 14.3 Å². The minimum absolute atomic E-state index is 0.00964. The van der Waals surface area contributed by atoms with E-state index in [0.717, 1.165) is 32.0 Å². The lowest BCUT2D eigenvalue weighted by molar-refractivity contribution is 0.0217. The number of nitrogens with one attached hydrogen (secondary N) is 1. The van der Waals surface area contributed by atoms with Gasteiger partial charge in [0.2, 0.25) is 5.88 Å². The van der Waals surface area contributed by atoms with Gasteiger partial charge in [-0.05, 0) is 69.1 Å². The third kappa shape index (κ3) is 4.38. The lowest BCUT2D eigenvalue weighted by atomic mass is 9.79. The van der Waals surface area contributed by atoms with Crippen molar-refractivity contribution in [3.8, 4) is 11.6 Å². The number of ether oxygens (including phenoxy) is 2. The van der Waals surface area contributed by atoms with Crippen LogP contribution in [-0.4, -0.2) is 67.3 Å². The molecule has 4 fully saturated rings. The van der Waals surface area contributed by atoms with Crippen LogP contribution in [0.2, 0.25) is 0 Å². The number of rotatable bonds is 5. The van der Waals surface area contributed by atoms with Gasteiger partial charge in [-0.25, -0.2) is 0 Å². The van der Waals surface area contributed by atoms with Gasteiger partial charge in [-0.1, -0.05) is 6.07 Å². The summed E-state index contributed by atoms with van der Waals surface area (Å²) >= 11 is 0. The molecule has 2 atom stereocenters. The highest BCUT2D eigenvalue weighted by molar-refractivity contribution is 5.94. The molecule has 4 aliphatic rings. The first kappa shape index (κ1) is 20.3. The minimum atomic E-state index is -0.00964. The zero-order valence-corrected chi connectivity index (χ0v) is 18.0. The normalized spacial score (nSPS) is 27.7. The summed E-state index contributed by atoms with van der Waals surface area (Å²) in [5.41, 5.74) is 0.658. The Balaban J connectivity index is 1.22. The Morgan fingerprint density at radius 2 is 1.81 bits per heavy atom. The van der Waals surface area contributed by atoms with Crippen LogP contribution in [-0.2, 0) is 4.74 Å². The van der Waals surface area contributed by atoms with Gasteiger partial charge in [-0.15, -0.1) is 0 Å². The Kier molecular flexibility index (Phi) is 5.78. The molecule has 0 radical (unpaired) electrons. The van der Waals surface area contributed by atoms with Crippen LogP contribution in [0, 0.1) is 5.92 Å². The van der Waals surface area contributed by atoms with E-state index in [0.29, 0.717) is 42.4 Å². The number of carbonyl (C=O) groups is 1. The molecule has 164 valence electrons. The molecule has 2 aromatic rings. The second kappa shape index (κ2) is 8.85. The number of nitrogens with zero attached hydrogens (tertiary/aromatic N) is 3. The number of anilines is 1. The number of pyridine rings is 1. The zero-order valence-electron chi connectivity index (χ0n) is 18.0. The molecule has 6 rings (SSSR count). The van der Waals surface area contributed by atoms with Crippen molar-refractivity contribution in [3.63, 3.8) is 0 Å². The molecule has 1 aromatic heterocycles. The van der Waals surface area contributed by atoms with E-state index in [9.17, 15) is 4.79 Å². The van der Waals surface area contributed by atoms with Gasteiger partial charge in [0.25, 0.3) is 5.91 Å². The van der Waals surface area contributed by atoms with Crippen molar-refractivity contribution in [2.24, 2.45) is 5.92 Å². The number of aromatic nitrogens is 1. The molecule has 7 nitrogen and oxygen atoms in total. The van der Waals surface area contributed by atoms with E-state index in [1.807, 2.05) is 42.5 Å². The molecule has 0 spiro atoms. The average Bonchev–Trinajstić information content (AvgIpc) is 2.83. The van der Waals surface area contributed by atoms with Crippen molar-refractivity contribution in [1.29, 1.82) is 0 Å². The second-order valence-electron chi connectivity index (χ2n) is 8.67. The number of hydrogen-bond donors (Lipinski definition) is 1. The molecule has 0 aliphatic carbocycles. The van der Waals surface area contributed by atoms with Crippen LogP contribution in [0.3, 0.4) is 0 Å². The highest BCUT2D eigenvalue weighted by Gasteiger charge is 2.40. The van der Waals surface area contributed by atoms with Crippen LogP contribution < -0.4 is 15.0 Å². The van der Waals surface area contributed by atoms with Gasteiger partial charge in [-0.2, -0.15) is 4.98 Å². The quantitative estimate of drug-likeness (QED) is 0.799. The topological polar surface area (TPSA) is 66.9 Å². The molecular formula is C24H30N4O3. The molecule has 0 saturated carbocycles. The number of fused-ring (bicyclic) bond motifs is 3. The maximum Gasteiger partial charge on any atom is 0.251 e. The van der Waals surface area contributed by atoms with Crippen molar-refractivity contribution in [3.05, 3.63) is 48.0 Å². The van der Waals surface area contributed by atoms with Crippen molar-refractivity contribution >= 4 is 11.7 Å².